The van der Waals surface area contributed by atoms with E-state index in [9.17, 15) is 0 Å². The molecule has 0 fully saturated rings. The van der Waals surface area contributed by atoms with Gasteiger partial charge in [0, 0.05) is 31.9 Å². The third-order valence-corrected chi connectivity index (χ3v) is 2.83. The Bertz CT molecular complexity index is 347. The minimum Gasteiger partial charge on any atom is -0.360 e. The Morgan fingerprint density at radius 1 is 1.35 bits per heavy atom. The fourth-order valence-electron chi connectivity index (χ4n) is 1.74. The normalized spacial score (nSPS) is 10.9. The molecule has 96 valence electrons. The molecule has 0 spiro atoms. The van der Waals surface area contributed by atoms with Crippen molar-refractivity contribution in [3.8, 4) is 0 Å². The molecule has 0 aromatic carbocycles. The number of nitrogens with one attached hydrogen (secondary N) is 1. The summed E-state index contributed by atoms with van der Waals surface area (Å²) in [6, 6.07) is 4.80. The molecule has 0 aliphatic rings. The van der Waals surface area contributed by atoms with E-state index in [2.05, 4.69) is 62.1 Å². The number of anilines is 1. The van der Waals surface area contributed by atoms with Crippen molar-refractivity contribution in [3.05, 3.63) is 23.4 Å². The van der Waals surface area contributed by atoms with Gasteiger partial charge >= 0.3 is 0 Å². The summed E-state index contributed by atoms with van der Waals surface area (Å²) in [5.41, 5.74) is 2.41. The number of pyridine rings is 1. The van der Waals surface area contributed by atoms with Crippen molar-refractivity contribution in [1.29, 1.82) is 0 Å². The zero-order chi connectivity index (χ0) is 12.8. The summed E-state index contributed by atoms with van der Waals surface area (Å²) in [6.45, 7) is 10.5. The van der Waals surface area contributed by atoms with Gasteiger partial charge in [-0.1, -0.05) is 26.8 Å². The number of aryl methyl sites for hydroxylation is 1. The number of nitrogens with zero attached hydrogens (tertiary/aromatic N) is 2. The molecule has 0 bridgehead atoms. The van der Waals surface area contributed by atoms with Gasteiger partial charge in [0.15, 0.2) is 0 Å². The Morgan fingerprint density at radius 2 is 2.06 bits per heavy atom. The van der Waals surface area contributed by atoms with Crippen molar-refractivity contribution in [1.82, 2.24) is 10.3 Å². The molecule has 0 unspecified atom stereocenters. The number of aromatic nitrogens is 1. The molecule has 1 aromatic rings. The maximum Gasteiger partial charge on any atom is 0.128 e. The molecule has 0 amide bonds. The summed E-state index contributed by atoms with van der Waals surface area (Å²) in [6.07, 6.45) is 1.15. The van der Waals surface area contributed by atoms with Crippen LogP contribution in [0.1, 0.15) is 38.4 Å². The molecule has 1 rings (SSSR count). The Hall–Kier alpha value is -1.09. The van der Waals surface area contributed by atoms with Crippen LogP contribution in [0.15, 0.2) is 12.1 Å². The summed E-state index contributed by atoms with van der Waals surface area (Å²) in [5, 5.41) is 3.42. The van der Waals surface area contributed by atoms with E-state index in [-0.39, 0.29) is 0 Å². The Labute approximate surface area is 105 Å². The van der Waals surface area contributed by atoms with Crippen LogP contribution in [0.3, 0.4) is 0 Å². The number of hydrogen-bond donors (Lipinski definition) is 1. The maximum atomic E-state index is 4.66. The predicted octanol–water partition coefficient (Wildman–Crippen LogP) is 2.73. The first-order valence-electron chi connectivity index (χ1n) is 6.45. The van der Waals surface area contributed by atoms with Crippen LogP contribution in [0.5, 0.6) is 0 Å². The monoisotopic (exact) mass is 235 g/mol. The fraction of sp³-hybridized carbons (Fsp3) is 0.643. The lowest BCUT2D eigenvalue weighted by Crippen LogP contribution is -2.23. The molecule has 17 heavy (non-hydrogen) atoms. The van der Waals surface area contributed by atoms with Crippen molar-refractivity contribution < 1.29 is 0 Å². The lowest BCUT2D eigenvalue weighted by Gasteiger charge is -2.19. The second kappa shape index (κ2) is 6.60. The molecule has 0 radical (unpaired) electrons. The standard InChI is InChI=1S/C14H25N3/c1-6-9-17(5)14-8-7-13(12(4)16-14)10-15-11(2)3/h7-8,11,15H,6,9-10H2,1-5H3. The third kappa shape index (κ3) is 4.35. The zero-order valence-electron chi connectivity index (χ0n) is 11.7. The Kier molecular flexibility index (Phi) is 5.42. The molecule has 0 saturated carbocycles. The van der Waals surface area contributed by atoms with Crippen LogP contribution in [0.2, 0.25) is 0 Å². The molecule has 1 N–H and O–H groups in total. The second-order valence-corrected chi connectivity index (χ2v) is 4.87. The van der Waals surface area contributed by atoms with E-state index in [0.717, 1.165) is 31.0 Å². The topological polar surface area (TPSA) is 28.2 Å². The van der Waals surface area contributed by atoms with Gasteiger partial charge in [0.1, 0.15) is 5.82 Å². The molecule has 1 aromatic heterocycles. The summed E-state index contributed by atoms with van der Waals surface area (Å²) in [5.74, 6) is 1.07. The first-order chi connectivity index (χ1) is 8.04. The number of hydrogen-bond acceptors (Lipinski definition) is 3. The second-order valence-electron chi connectivity index (χ2n) is 4.87. The quantitative estimate of drug-likeness (QED) is 0.821. The highest BCUT2D eigenvalue weighted by molar-refractivity contribution is 5.40. The van der Waals surface area contributed by atoms with Gasteiger partial charge in [-0.2, -0.15) is 0 Å². The van der Waals surface area contributed by atoms with Gasteiger partial charge in [0.25, 0.3) is 0 Å². The lowest BCUT2D eigenvalue weighted by atomic mass is 10.2. The SMILES string of the molecule is CCCN(C)c1ccc(CNC(C)C)c(C)n1. The highest BCUT2D eigenvalue weighted by atomic mass is 15.2. The molecule has 0 atom stereocenters. The summed E-state index contributed by atoms with van der Waals surface area (Å²) in [4.78, 5) is 6.86. The van der Waals surface area contributed by atoms with Gasteiger partial charge < -0.3 is 10.2 Å². The van der Waals surface area contributed by atoms with Gasteiger partial charge in [0.2, 0.25) is 0 Å². The van der Waals surface area contributed by atoms with Gasteiger partial charge in [-0.25, -0.2) is 4.98 Å². The largest absolute Gasteiger partial charge is 0.360 e. The van der Waals surface area contributed by atoms with E-state index >= 15 is 0 Å². The first kappa shape index (κ1) is 14.0. The molecule has 0 aliphatic carbocycles. The summed E-state index contributed by atoms with van der Waals surface area (Å²) in [7, 11) is 2.09. The van der Waals surface area contributed by atoms with Crippen molar-refractivity contribution in [2.75, 3.05) is 18.5 Å². The molecular formula is C14H25N3. The van der Waals surface area contributed by atoms with Crippen LogP contribution in [0.4, 0.5) is 5.82 Å². The summed E-state index contributed by atoms with van der Waals surface area (Å²) >= 11 is 0. The van der Waals surface area contributed by atoms with Gasteiger partial charge in [-0.05, 0) is 25.0 Å². The minimum absolute atomic E-state index is 0.511. The average Bonchev–Trinajstić information content (AvgIpc) is 2.27. The van der Waals surface area contributed by atoms with E-state index in [1.54, 1.807) is 0 Å². The average molecular weight is 235 g/mol. The Balaban J connectivity index is 2.72. The van der Waals surface area contributed by atoms with Gasteiger partial charge in [0.05, 0.1) is 0 Å². The van der Waals surface area contributed by atoms with E-state index in [1.807, 2.05) is 0 Å². The van der Waals surface area contributed by atoms with Crippen LogP contribution < -0.4 is 10.2 Å². The van der Waals surface area contributed by atoms with Crippen molar-refractivity contribution in [2.24, 2.45) is 0 Å². The van der Waals surface area contributed by atoms with Crippen molar-refractivity contribution >= 4 is 5.82 Å². The molecule has 1 heterocycles. The number of rotatable bonds is 6. The van der Waals surface area contributed by atoms with Crippen molar-refractivity contribution in [2.45, 2.75) is 46.7 Å². The van der Waals surface area contributed by atoms with Crippen LogP contribution >= 0.6 is 0 Å². The molecular weight excluding hydrogens is 210 g/mol. The first-order valence-corrected chi connectivity index (χ1v) is 6.45. The van der Waals surface area contributed by atoms with Crippen LogP contribution in [-0.2, 0) is 6.54 Å². The van der Waals surface area contributed by atoms with Crippen molar-refractivity contribution in [3.63, 3.8) is 0 Å². The van der Waals surface area contributed by atoms with E-state index < -0.39 is 0 Å². The van der Waals surface area contributed by atoms with Gasteiger partial charge in [-0.3, -0.25) is 0 Å². The van der Waals surface area contributed by atoms with E-state index in [0.29, 0.717) is 6.04 Å². The van der Waals surface area contributed by atoms with Crippen LogP contribution in [-0.4, -0.2) is 24.6 Å². The minimum atomic E-state index is 0.511. The van der Waals surface area contributed by atoms with E-state index in [1.165, 1.54) is 5.56 Å². The van der Waals surface area contributed by atoms with Gasteiger partial charge in [-0.15, -0.1) is 0 Å². The maximum absolute atomic E-state index is 4.66. The predicted molar refractivity (Wildman–Crippen MR) is 74.5 cm³/mol. The Morgan fingerprint density at radius 3 is 2.59 bits per heavy atom. The third-order valence-electron chi connectivity index (χ3n) is 2.83. The van der Waals surface area contributed by atoms with Crippen LogP contribution in [0, 0.1) is 6.92 Å². The zero-order valence-corrected chi connectivity index (χ0v) is 11.7. The molecule has 3 nitrogen and oxygen atoms in total. The highest BCUT2D eigenvalue weighted by Gasteiger charge is 2.05. The smallest absolute Gasteiger partial charge is 0.128 e. The summed E-state index contributed by atoms with van der Waals surface area (Å²) < 4.78 is 0. The molecule has 0 aliphatic heterocycles. The molecule has 3 heteroatoms. The highest BCUT2D eigenvalue weighted by Crippen LogP contribution is 2.14. The fourth-order valence-corrected chi connectivity index (χ4v) is 1.74. The lowest BCUT2D eigenvalue weighted by molar-refractivity contribution is 0.586. The van der Waals surface area contributed by atoms with Crippen LogP contribution in [0.25, 0.3) is 0 Å². The molecule has 0 saturated heterocycles. The van der Waals surface area contributed by atoms with E-state index in [4.69, 9.17) is 0 Å².